The van der Waals surface area contributed by atoms with Crippen LogP contribution in [0.25, 0.3) is 0 Å². The molecule has 9 heteroatoms. The van der Waals surface area contributed by atoms with Crippen molar-refractivity contribution in [3.63, 3.8) is 0 Å². The van der Waals surface area contributed by atoms with E-state index in [1.54, 1.807) is 25.1 Å². The van der Waals surface area contributed by atoms with Crippen LogP contribution in [0.15, 0.2) is 33.9 Å². The van der Waals surface area contributed by atoms with Crippen LogP contribution in [0.4, 0.5) is 11.5 Å². The standard InChI is InChI=1S/C19H24N4O5/c1-3-5-10-23-16(20)15(17(24)21-19(23)26)22(4-2)18(25)14-11-27-12-8-6-7-9-13(12)28-14/h6-9,14H,3-5,10-11,20H2,1-2H3,(H,21,24,26). The molecule has 9 nitrogen and oxygen atoms in total. The Morgan fingerprint density at radius 1 is 1.29 bits per heavy atom. The van der Waals surface area contributed by atoms with E-state index >= 15 is 0 Å². The molecule has 0 bridgehead atoms. The highest BCUT2D eigenvalue weighted by Gasteiger charge is 2.33. The smallest absolute Gasteiger partial charge is 0.330 e. The number of H-pyrrole nitrogens is 1. The number of nitrogens with zero attached hydrogens (tertiary/aromatic N) is 2. The fraction of sp³-hybridized carbons (Fsp3) is 0.421. The lowest BCUT2D eigenvalue weighted by Gasteiger charge is -2.30. The van der Waals surface area contributed by atoms with Crippen molar-refractivity contribution < 1.29 is 14.3 Å². The van der Waals surface area contributed by atoms with Crippen LogP contribution in [0.3, 0.4) is 0 Å². The maximum atomic E-state index is 13.1. The van der Waals surface area contributed by atoms with E-state index in [4.69, 9.17) is 15.2 Å². The van der Waals surface area contributed by atoms with Gasteiger partial charge in [0.2, 0.25) is 6.10 Å². The summed E-state index contributed by atoms with van der Waals surface area (Å²) in [6.45, 7) is 4.25. The van der Waals surface area contributed by atoms with E-state index in [0.29, 0.717) is 24.5 Å². The summed E-state index contributed by atoms with van der Waals surface area (Å²) in [7, 11) is 0. The van der Waals surface area contributed by atoms with Crippen molar-refractivity contribution in [3.8, 4) is 11.5 Å². The van der Waals surface area contributed by atoms with Crippen LogP contribution in [0.1, 0.15) is 26.7 Å². The van der Waals surface area contributed by atoms with Gasteiger partial charge < -0.3 is 20.1 Å². The first-order valence-electron chi connectivity index (χ1n) is 9.30. The molecular formula is C19H24N4O5. The first-order valence-corrected chi connectivity index (χ1v) is 9.30. The molecule has 1 atom stereocenters. The summed E-state index contributed by atoms with van der Waals surface area (Å²) >= 11 is 0. The first-order chi connectivity index (χ1) is 13.5. The number of carbonyl (C=O) groups is 1. The summed E-state index contributed by atoms with van der Waals surface area (Å²) in [6.07, 6.45) is 0.639. The molecule has 3 N–H and O–H groups in total. The summed E-state index contributed by atoms with van der Waals surface area (Å²) < 4.78 is 12.6. The van der Waals surface area contributed by atoms with Gasteiger partial charge in [0.05, 0.1) is 0 Å². The van der Waals surface area contributed by atoms with Crippen LogP contribution in [0.2, 0.25) is 0 Å². The minimum Gasteiger partial charge on any atom is -0.485 e. The van der Waals surface area contributed by atoms with E-state index < -0.39 is 23.3 Å². The molecule has 28 heavy (non-hydrogen) atoms. The molecule has 1 aliphatic rings. The van der Waals surface area contributed by atoms with Crippen molar-refractivity contribution in [2.45, 2.75) is 39.3 Å². The van der Waals surface area contributed by atoms with Crippen molar-refractivity contribution in [2.75, 3.05) is 23.8 Å². The lowest BCUT2D eigenvalue weighted by atomic mass is 10.2. The number of aromatic nitrogens is 2. The Labute approximate surface area is 161 Å². The molecule has 1 aliphatic heterocycles. The number of likely N-dealkylation sites (N-methyl/N-ethyl adjacent to an activating group) is 1. The number of ether oxygens (including phenoxy) is 2. The number of nitrogen functional groups attached to an aromatic ring is 1. The number of rotatable bonds is 6. The van der Waals surface area contributed by atoms with E-state index in [0.717, 1.165) is 6.42 Å². The van der Waals surface area contributed by atoms with Gasteiger partial charge in [0.25, 0.3) is 11.5 Å². The summed E-state index contributed by atoms with van der Waals surface area (Å²) in [6, 6.07) is 7.04. The van der Waals surface area contributed by atoms with Gasteiger partial charge in [0.1, 0.15) is 12.4 Å². The van der Waals surface area contributed by atoms with Gasteiger partial charge in [-0.25, -0.2) is 4.79 Å². The molecule has 0 fully saturated rings. The third-order valence-electron chi connectivity index (χ3n) is 4.59. The van der Waals surface area contributed by atoms with Crippen molar-refractivity contribution in [1.82, 2.24) is 9.55 Å². The number of amides is 1. The summed E-state index contributed by atoms with van der Waals surface area (Å²) in [5.74, 6) is 0.516. The maximum Gasteiger partial charge on any atom is 0.330 e. The van der Waals surface area contributed by atoms with E-state index in [9.17, 15) is 14.4 Å². The molecule has 0 spiro atoms. The SMILES string of the molecule is CCCCn1c(N)c(N(CC)C(=O)C2COc3ccccc3O2)c(=O)[nH]c1=O. The Balaban J connectivity index is 1.94. The summed E-state index contributed by atoms with van der Waals surface area (Å²) in [4.78, 5) is 41.1. The van der Waals surface area contributed by atoms with Crippen LogP contribution in [0, 0.1) is 0 Å². The molecule has 0 radical (unpaired) electrons. The second-order valence-electron chi connectivity index (χ2n) is 6.45. The predicted molar refractivity (Wildman–Crippen MR) is 105 cm³/mol. The van der Waals surface area contributed by atoms with Gasteiger partial charge in [-0.1, -0.05) is 25.5 Å². The highest BCUT2D eigenvalue weighted by atomic mass is 16.6. The second-order valence-corrected chi connectivity index (χ2v) is 6.45. The molecule has 150 valence electrons. The predicted octanol–water partition coefficient (Wildman–Crippen LogP) is 1.11. The van der Waals surface area contributed by atoms with Crippen molar-refractivity contribution in [1.29, 1.82) is 0 Å². The lowest BCUT2D eigenvalue weighted by molar-refractivity contribution is -0.127. The minimum atomic E-state index is -0.926. The number of fused-ring (bicyclic) bond motifs is 1. The summed E-state index contributed by atoms with van der Waals surface area (Å²) in [5, 5.41) is 0. The van der Waals surface area contributed by atoms with Gasteiger partial charge in [-0.15, -0.1) is 0 Å². The number of hydrogen-bond donors (Lipinski definition) is 2. The highest BCUT2D eigenvalue weighted by Crippen LogP contribution is 2.31. The van der Waals surface area contributed by atoms with Crippen molar-refractivity contribution in [3.05, 3.63) is 45.1 Å². The highest BCUT2D eigenvalue weighted by molar-refractivity contribution is 5.98. The first kappa shape index (κ1) is 19.5. The van der Waals surface area contributed by atoms with Gasteiger partial charge in [0, 0.05) is 13.1 Å². The average Bonchev–Trinajstić information content (AvgIpc) is 2.70. The number of para-hydroxylation sites is 2. The third-order valence-corrected chi connectivity index (χ3v) is 4.59. The number of nitrogens with one attached hydrogen (secondary N) is 1. The Morgan fingerprint density at radius 3 is 2.68 bits per heavy atom. The van der Waals surface area contributed by atoms with Crippen LogP contribution < -0.4 is 31.4 Å². The van der Waals surface area contributed by atoms with Gasteiger partial charge >= 0.3 is 5.69 Å². The Bertz CT molecular complexity index is 981. The molecule has 2 aromatic rings. The zero-order valence-electron chi connectivity index (χ0n) is 15.9. The monoisotopic (exact) mass is 388 g/mol. The second kappa shape index (κ2) is 8.20. The van der Waals surface area contributed by atoms with Gasteiger partial charge in [0.15, 0.2) is 17.2 Å². The number of anilines is 2. The topological polar surface area (TPSA) is 120 Å². The van der Waals surface area contributed by atoms with Crippen LogP contribution in [-0.4, -0.2) is 34.7 Å². The molecule has 1 aromatic heterocycles. The Kier molecular flexibility index (Phi) is 5.72. The molecule has 1 aromatic carbocycles. The number of hydrogen-bond acceptors (Lipinski definition) is 6. The molecule has 0 saturated carbocycles. The lowest BCUT2D eigenvalue weighted by Crippen LogP contribution is -2.49. The van der Waals surface area contributed by atoms with Gasteiger partial charge in [-0.05, 0) is 25.5 Å². The normalized spacial score (nSPS) is 15.3. The average molecular weight is 388 g/mol. The quantitative estimate of drug-likeness (QED) is 0.765. The number of benzene rings is 1. The zero-order chi connectivity index (χ0) is 20.3. The molecule has 2 heterocycles. The largest absolute Gasteiger partial charge is 0.485 e. The van der Waals surface area contributed by atoms with Crippen LogP contribution in [-0.2, 0) is 11.3 Å². The van der Waals surface area contributed by atoms with Crippen LogP contribution >= 0.6 is 0 Å². The Morgan fingerprint density at radius 2 is 2.00 bits per heavy atom. The Hall–Kier alpha value is -3.23. The number of unbranched alkanes of at least 4 members (excludes halogenated alkanes) is 1. The fourth-order valence-corrected chi connectivity index (χ4v) is 3.12. The van der Waals surface area contributed by atoms with E-state index in [-0.39, 0.29) is 24.7 Å². The van der Waals surface area contributed by atoms with Crippen molar-refractivity contribution >= 4 is 17.4 Å². The number of aromatic amines is 1. The van der Waals surface area contributed by atoms with Crippen molar-refractivity contribution in [2.24, 2.45) is 0 Å². The van der Waals surface area contributed by atoms with Gasteiger partial charge in [-0.3, -0.25) is 19.1 Å². The number of nitrogens with two attached hydrogens (primary N) is 1. The maximum absolute atomic E-state index is 13.1. The molecule has 0 saturated heterocycles. The van der Waals surface area contributed by atoms with E-state index in [1.807, 2.05) is 13.0 Å². The fourth-order valence-electron chi connectivity index (χ4n) is 3.12. The zero-order valence-corrected chi connectivity index (χ0v) is 15.9. The molecule has 1 amide bonds. The van der Waals surface area contributed by atoms with Gasteiger partial charge in [-0.2, -0.15) is 0 Å². The van der Waals surface area contributed by atoms with E-state index in [1.165, 1.54) is 9.47 Å². The molecule has 3 rings (SSSR count). The van der Waals surface area contributed by atoms with E-state index in [2.05, 4.69) is 4.98 Å². The number of carbonyl (C=O) groups excluding carboxylic acids is 1. The molecular weight excluding hydrogens is 364 g/mol. The minimum absolute atomic E-state index is 0.0135. The van der Waals surface area contributed by atoms with Crippen LogP contribution in [0.5, 0.6) is 11.5 Å². The summed E-state index contributed by atoms with van der Waals surface area (Å²) in [5.41, 5.74) is 4.78. The molecule has 0 aliphatic carbocycles. The third kappa shape index (κ3) is 3.60. The molecule has 1 unspecified atom stereocenters.